The lowest BCUT2D eigenvalue weighted by molar-refractivity contribution is 0.0994. The van der Waals surface area contributed by atoms with E-state index in [0.717, 1.165) is 16.9 Å². The number of anilines is 2. The van der Waals surface area contributed by atoms with Crippen LogP contribution >= 0.6 is 11.6 Å². The zero-order chi connectivity index (χ0) is 16.1. The third-order valence-corrected chi connectivity index (χ3v) is 3.78. The maximum absolute atomic E-state index is 12.7. The molecule has 23 heavy (non-hydrogen) atoms. The molecule has 0 atom stereocenters. The predicted molar refractivity (Wildman–Crippen MR) is 95.7 cm³/mol. The number of hydrogen-bond donors (Lipinski definition) is 1. The van der Waals surface area contributed by atoms with Gasteiger partial charge < -0.3 is 5.32 Å². The molecule has 0 aliphatic rings. The van der Waals surface area contributed by atoms with Crippen LogP contribution in [0.15, 0.2) is 78.9 Å². The highest BCUT2D eigenvalue weighted by Gasteiger charge is 2.13. The van der Waals surface area contributed by atoms with E-state index in [1.807, 2.05) is 66.7 Å². The molecule has 114 valence electrons. The van der Waals surface area contributed by atoms with Crippen molar-refractivity contribution in [1.82, 2.24) is 0 Å². The maximum Gasteiger partial charge on any atom is 0.169 e. The van der Waals surface area contributed by atoms with Crippen molar-refractivity contribution in [3.05, 3.63) is 95.0 Å². The van der Waals surface area contributed by atoms with Gasteiger partial charge in [0.15, 0.2) is 5.78 Å². The Morgan fingerprint density at radius 1 is 0.870 bits per heavy atom. The lowest BCUT2D eigenvalue weighted by Crippen LogP contribution is -2.07. The molecule has 0 amide bonds. The van der Waals surface area contributed by atoms with Gasteiger partial charge in [-0.05, 0) is 35.9 Å². The first kappa shape index (κ1) is 15.3. The summed E-state index contributed by atoms with van der Waals surface area (Å²) < 4.78 is 0. The molecule has 3 aromatic carbocycles. The van der Waals surface area contributed by atoms with Gasteiger partial charge in [0, 0.05) is 28.4 Å². The summed E-state index contributed by atoms with van der Waals surface area (Å²) in [5.41, 5.74) is 3.29. The number of Topliss-reactive ketones (excluding diaryl/α,β-unsaturated/α-hetero) is 1. The smallest absolute Gasteiger partial charge is 0.169 e. The van der Waals surface area contributed by atoms with Crippen LogP contribution in [0.2, 0.25) is 5.02 Å². The molecule has 0 aliphatic carbocycles. The lowest BCUT2D eigenvalue weighted by atomic mass is 10.0. The maximum atomic E-state index is 12.7. The monoisotopic (exact) mass is 321 g/mol. The highest BCUT2D eigenvalue weighted by atomic mass is 35.5. The fourth-order valence-corrected chi connectivity index (χ4v) is 2.58. The first-order valence-corrected chi connectivity index (χ1v) is 7.79. The first-order valence-electron chi connectivity index (χ1n) is 7.41. The van der Waals surface area contributed by atoms with Crippen molar-refractivity contribution in [1.29, 1.82) is 0 Å². The molecule has 0 aliphatic heterocycles. The second-order valence-electron chi connectivity index (χ2n) is 5.27. The van der Waals surface area contributed by atoms with Gasteiger partial charge in [-0.15, -0.1) is 0 Å². The van der Waals surface area contributed by atoms with Crippen molar-refractivity contribution in [2.24, 2.45) is 0 Å². The molecule has 3 heteroatoms. The van der Waals surface area contributed by atoms with Crippen LogP contribution in [0, 0.1) is 0 Å². The Kier molecular flexibility index (Phi) is 4.74. The van der Waals surface area contributed by atoms with Crippen molar-refractivity contribution in [2.75, 3.05) is 5.32 Å². The molecule has 2 nitrogen and oxygen atoms in total. The standard InChI is InChI=1S/C20H16ClNO/c21-16-11-12-19(22-17-9-5-2-6-10-17)18(14-16)20(23)13-15-7-3-1-4-8-15/h1-12,14,22H,13H2. The second kappa shape index (κ2) is 7.12. The Bertz CT molecular complexity index is 800. The van der Waals surface area contributed by atoms with Crippen LogP contribution in [0.25, 0.3) is 0 Å². The second-order valence-corrected chi connectivity index (χ2v) is 5.70. The summed E-state index contributed by atoms with van der Waals surface area (Å²) in [7, 11) is 0. The van der Waals surface area contributed by atoms with Gasteiger partial charge in [-0.2, -0.15) is 0 Å². The Hall–Kier alpha value is -2.58. The van der Waals surface area contributed by atoms with Gasteiger partial charge >= 0.3 is 0 Å². The number of para-hydroxylation sites is 1. The molecule has 0 spiro atoms. The summed E-state index contributed by atoms with van der Waals surface area (Å²) >= 11 is 6.09. The van der Waals surface area contributed by atoms with E-state index in [9.17, 15) is 4.79 Å². The van der Waals surface area contributed by atoms with E-state index in [-0.39, 0.29) is 5.78 Å². The normalized spacial score (nSPS) is 10.3. The molecule has 3 aromatic rings. The van der Waals surface area contributed by atoms with Crippen LogP contribution in [0.4, 0.5) is 11.4 Å². The summed E-state index contributed by atoms with van der Waals surface area (Å²) in [6.45, 7) is 0. The molecular weight excluding hydrogens is 306 g/mol. The molecule has 0 fully saturated rings. The number of carbonyl (C=O) groups is 1. The Morgan fingerprint density at radius 3 is 2.22 bits per heavy atom. The summed E-state index contributed by atoms with van der Waals surface area (Å²) in [6.07, 6.45) is 0.352. The van der Waals surface area contributed by atoms with Crippen molar-refractivity contribution in [3.8, 4) is 0 Å². The zero-order valence-electron chi connectivity index (χ0n) is 12.5. The molecule has 1 N–H and O–H groups in total. The van der Waals surface area contributed by atoms with E-state index in [2.05, 4.69) is 5.32 Å². The van der Waals surface area contributed by atoms with Crippen molar-refractivity contribution in [3.63, 3.8) is 0 Å². The topological polar surface area (TPSA) is 29.1 Å². The van der Waals surface area contributed by atoms with Crippen LogP contribution in [0.3, 0.4) is 0 Å². The molecule has 0 aromatic heterocycles. The van der Waals surface area contributed by atoms with Gasteiger partial charge in [-0.3, -0.25) is 4.79 Å². The van der Waals surface area contributed by atoms with Crippen LogP contribution in [-0.4, -0.2) is 5.78 Å². The Morgan fingerprint density at radius 2 is 1.52 bits per heavy atom. The highest BCUT2D eigenvalue weighted by Crippen LogP contribution is 2.25. The zero-order valence-corrected chi connectivity index (χ0v) is 13.3. The van der Waals surface area contributed by atoms with Crippen molar-refractivity contribution in [2.45, 2.75) is 6.42 Å². The number of carbonyl (C=O) groups excluding carboxylic acids is 1. The van der Waals surface area contributed by atoms with E-state index < -0.39 is 0 Å². The van der Waals surface area contributed by atoms with Crippen LogP contribution in [0.1, 0.15) is 15.9 Å². The minimum absolute atomic E-state index is 0.0390. The van der Waals surface area contributed by atoms with E-state index in [4.69, 9.17) is 11.6 Å². The average molecular weight is 322 g/mol. The van der Waals surface area contributed by atoms with Gasteiger partial charge in [0.05, 0.1) is 0 Å². The number of ketones is 1. The summed E-state index contributed by atoms with van der Waals surface area (Å²) in [5.74, 6) is 0.0390. The average Bonchev–Trinajstić information content (AvgIpc) is 2.58. The summed E-state index contributed by atoms with van der Waals surface area (Å²) in [6, 6.07) is 24.8. The van der Waals surface area contributed by atoms with Gasteiger partial charge in [0.25, 0.3) is 0 Å². The van der Waals surface area contributed by atoms with Gasteiger partial charge in [0.1, 0.15) is 0 Å². The van der Waals surface area contributed by atoms with E-state index >= 15 is 0 Å². The number of hydrogen-bond acceptors (Lipinski definition) is 2. The quantitative estimate of drug-likeness (QED) is 0.628. The molecular formula is C20H16ClNO. The molecule has 0 bridgehead atoms. The van der Waals surface area contributed by atoms with E-state index in [0.29, 0.717) is 17.0 Å². The van der Waals surface area contributed by atoms with Crippen molar-refractivity contribution >= 4 is 28.8 Å². The molecule has 3 rings (SSSR count). The summed E-state index contributed by atoms with van der Waals surface area (Å²) in [5, 5.41) is 3.84. The van der Waals surface area contributed by atoms with Crippen LogP contribution < -0.4 is 5.32 Å². The molecule has 0 radical (unpaired) electrons. The molecule has 0 saturated heterocycles. The fraction of sp³-hybridized carbons (Fsp3) is 0.0500. The fourth-order valence-electron chi connectivity index (χ4n) is 2.41. The number of rotatable bonds is 5. The number of nitrogens with one attached hydrogen (secondary N) is 1. The minimum Gasteiger partial charge on any atom is -0.355 e. The number of halogens is 1. The Balaban J connectivity index is 1.88. The molecule has 0 unspecified atom stereocenters. The third-order valence-electron chi connectivity index (χ3n) is 3.54. The van der Waals surface area contributed by atoms with Crippen LogP contribution in [-0.2, 0) is 6.42 Å². The highest BCUT2D eigenvalue weighted by molar-refractivity contribution is 6.31. The molecule has 0 saturated carbocycles. The SMILES string of the molecule is O=C(Cc1ccccc1)c1cc(Cl)ccc1Nc1ccccc1. The summed E-state index contributed by atoms with van der Waals surface area (Å²) in [4.78, 5) is 12.7. The largest absolute Gasteiger partial charge is 0.355 e. The third kappa shape index (κ3) is 3.99. The molecule has 0 heterocycles. The Labute approximate surface area is 140 Å². The van der Waals surface area contributed by atoms with Gasteiger partial charge in [-0.1, -0.05) is 60.1 Å². The van der Waals surface area contributed by atoms with Gasteiger partial charge in [-0.25, -0.2) is 0 Å². The number of benzene rings is 3. The van der Waals surface area contributed by atoms with E-state index in [1.165, 1.54) is 0 Å². The van der Waals surface area contributed by atoms with Crippen LogP contribution in [0.5, 0.6) is 0 Å². The first-order chi connectivity index (χ1) is 11.2. The minimum atomic E-state index is 0.0390. The van der Waals surface area contributed by atoms with Crippen molar-refractivity contribution < 1.29 is 4.79 Å². The predicted octanol–water partition coefficient (Wildman–Crippen LogP) is 5.51. The van der Waals surface area contributed by atoms with E-state index in [1.54, 1.807) is 12.1 Å². The van der Waals surface area contributed by atoms with Gasteiger partial charge in [0.2, 0.25) is 0 Å². The lowest BCUT2D eigenvalue weighted by Gasteiger charge is -2.12.